The number of carbonyl (C=O) groups excluding carboxylic acids is 1. The number of ether oxygens (including phenoxy) is 1. The minimum Gasteiger partial charge on any atom is -0.396 e. The summed E-state index contributed by atoms with van der Waals surface area (Å²) in [6.45, 7) is 0. The third-order valence-electron chi connectivity index (χ3n) is 1.71. The van der Waals surface area contributed by atoms with E-state index in [0.29, 0.717) is 6.07 Å². The van der Waals surface area contributed by atoms with E-state index < -0.39 is 33.3 Å². The summed E-state index contributed by atoms with van der Waals surface area (Å²) in [7, 11) is 3.25. The Morgan fingerprint density at radius 2 is 1.83 bits per heavy atom. The molecule has 0 saturated carbocycles. The van der Waals surface area contributed by atoms with Crippen molar-refractivity contribution in [2.24, 2.45) is 0 Å². The summed E-state index contributed by atoms with van der Waals surface area (Å²) in [4.78, 5) is 10.3. The molecule has 0 spiro atoms. The molecule has 18 heavy (non-hydrogen) atoms. The molecule has 1 aromatic rings. The topological polar surface area (TPSA) is 52.3 Å². The molecule has 0 aromatic heterocycles. The molecule has 102 valence electrons. The number of carbonyl (C=O) groups is 1. The van der Waals surface area contributed by atoms with Crippen molar-refractivity contribution in [3.8, 4) is 0 Å². The highest BCUT2D eigenvalue weighted by molar-refractivity contribution is 9.10. The molecular weight excluding hydrogens is 322 g/mol. The number of rotatable bonds is 1. The van der Waals surface area contributed by atoms with Gasteiger partial charge in [0.1, 0.15) is 0 Å². The lowest BCUT2D eigenvalue weighted by Gasteiger charge is -2.12. The van der Waals surface area contributed by atoms with Crippen LogP contribution in [0.4, 0.5) is 23.2 Å². The highest BCUT2D eigenvalue weighted by Crippen LogP contribution is 2.38. The number of hydrogen-bond acceptors (Lipinski definition) is 3. The Hall–Kier alpha value is -1.15. The standard InChI is InChI=1S/C8H4BrF4NO.C2H6O/c9-5-4(8(11,12)13)1-3(2-15)7(14)6(5)10;1-3-2/h1-2H,14H2;1-2H3. The largest absolute Gasteiger partial charge is 0.417 e. The van der Waals surface area contributed by atoms with Crippen LogP contribution in [0, 0.1) is 5.82 Å². The Morgan fingerprint density at radius 3 is 2.17 bits per heavy atom. The van der Waals surface area contributed by atoms with Gasteiger partial charge in [0.05, 0.1) is 15.7 Å². The molecule has 0 amide bonds. The maximum Gasteiger partial charge on any atom is 0.417 e. The Labute approximate surface area is 109 Å². The van der Waals surface area contributed by atoms with Gasteiger partial charge < -0.3 is 10.5 Å². The molecule has 0 aliphatic carbocycles. The number of anilines is 1. The number of halogens is 5. The first-order valence-electron chi connectivity index (χ1n) is 4.40. The van der Waals surface area contributed by atoms with Crippen LogP contribution in [0.2, 0.25) is 0 Å². The summed E-state index contributed by atoms with van der Waals surface area (Å²) in [6.07, 6.45) is -4.68. The summed E-state index contributed by atoms with van der Waals surface area (Å²) >= 11 is 2.44. The Kier molecular flexibility index (Phi) is 6.27. The molecule has 0 radical (unpaired) electrons. The van der Waals surface area contributed by atoms with Gasteiger partial charge in [-0.2, -0.15) is 13.2 Å². The van der Waals surface area contributed by atoms with Gasteiger partial charge >= 0.3 is 6.18 Å². The van der Waals surface area contributed by atoms with Crippen LogP contribution in [-0.4, -0.2) is 20.5 Å². The van der Waals surface area contributed by atoms with E-state index in [1.165, 1.54) is 0 Å². The first kappa shape index (κ1) is 16.9. The lowest BCUT2D eigenvalue weighted by molar-refractivity contribution is -0.138. The van der Waals surface area contributed by atoms with Gasteiger partial charge in [0.25, 0.3) is 0 Å². The molecule has 0 aliphatic heterocycles. The summed E-state index contributed by atoms with van der Waals surface area (Å²) < 4.78 is 53.6. The minimum atomic E-state index is -4.74. The number of nitrogens with two attached hydrogens (primary N) is 1. The predicted octanol–water partition coefficient (Wildman–Crippen LogP) is 3.26. The molecule has 0 saturated heterocycles. The van der Waals surface area contributed by atoms with Gasteiger partial charge in [-0.3, -0.25) is 4.79 Å². The zero-order valence-electron chi connectivity index (χ0n) is 9.44. The lowest BCUT2D eigenvalue weighted by atomic mass is 10.1. The monoisotopic (exact) mass is 331 g/mol. The molecule has 0 aliphatic rings. The zero-order chi connectivity index (χ0) is 14.5. The molecule has 2 N–H and O–H groups in total. The van der Waals surface area contributed by atoms with E-state index in [4.69, 9.17) is 5.73 Å². The molecule has 1 aromatic carbocycles. The number of aldehydes is 1. The Balaban J connectivity index is 0.000000873. The third kappa shape index (κ3) is 3.95. The van der Waals surface area contributed by atoms with Crippen molar-refractivity contribution < 1.29 is 27.1 Å². The first-order chi connectivity index (χ1) is 8.20. The number of alkyl halides is 3. The predicted molar refractivity (Wildman–Crippen MR) is 61.8 cm³/mol. The van der Waals surface area contributed by atoms with E-state index in [2.05, 4.69) is 20.7 Å². The van der Waals surface area contributed by atoms with E-state index in [1.807, 2.05) is 0 Å². The van der Waals surface area contributed by atoms with Crippen LogP contribution in [0.15, 0.2) is 10.5 Å². The van der Waals surface area contributed by atoms with Gasteiger partial charge in [-0.25, -0.2) is 4.39 Å². The average Bonchev–Trinajstić information content (AvgIpc) is 2.26. The normalized spacial score (nSPS) is 10.6. The summed E-state index contributed by atoms with van der Waals surface area (Å²) in [5, 5.41) is 0. The molecule has 0 fully saturated rings. The summed E-state index contributed by atoms with van der Waals surface area (Å²) in [5.74, 6) is -1.29. The van der Waals surface area contributed by atoms with E-state index in [-0.39, 0.29) is 6.29 Å². The van der Waals surface area contributed by atoms with E-state index >= 15 is 0 Å². The molecule has 0 bridgehead atoms. The van der Waals surface area contributed by atoms with E-state index in [9.17, 15) is 22.4 Å². The van der Waals surface area contributed by atoms with Crippen molar-refractivity contribution in [1.29, 1.82) is 0 Å². The van der Waals surface area contributed by atoms with Crippen LogP contribution < -0.4 is 5.73 Å². The quantitative estimate of drug-likeness (QED) is 0.488. The fourth-order valence-corrected chi connectivity index (χ4v) is 1.52. The van der Waals surface area contributed by atoms with E-state index in [0.717, 1.165) is 0 Å². The van der Waals surface area contributed by atoms with Crippen molar-refractivity contribution >= 4 is 27.9 Å². The van der Waals surface area contributed by atoms with E-state index in [1.54, 1.807) is 14.2 Å². The van der Waals surface area contributed by atoms with Crippen LogP contribution in [0.25, 0.3) is 0 Å². The number of nitrogen functional groups attached to an aromatic ring is 1. The first-order valence-corrected chi connectivity index (χ1v) is 5.19. The zero-order valence-corrected chi connectivity index (χ0v) is 11.0. The van der Waals surface area contributed by atoms with Crippen LogP contribution in [0.1, 0.15) is 15.9 Å². The van der Waals surface area contributed by atoms with Crippen molar-refractivity contribution in [2.75, 3.05) is 20.0 Å². The van der Waals surface area contributed by atoms with Crippen LogP contribution in [0.5, 0.6) is 0 Å². The average molecular weight is 332 g/mol. The summed E-state index contributed by atoms with van der Waals surface area (Å²) in [5.41, 5.74) is 2.70. The lowest BCUT2D eigenvalue weighted by Crippen LogP contribution is -2.10. The van der Waals surface area contributed by atoms with Crippen molar-refractivity contribution in [1.82, 2.24) is 0 Å². The highest BCUT2D eigenvalue weighted by atomic mass is 79.9. The molecule has 1 rings (SSSR count). The minimum absolute atomic E-state index is 0.0695. The molecule has 3 nitrogen and oxygen atoms in total. The second-order valence-corrected chi connectivity index (χ2v) is 3.87. The van der Waals surface area contributed by atoms with Crippen LogP contribution >= 0.6 is 15.9 Å². The van der Waals surface area contributed by atoms with Gasteiger partial charge in [0, 0.05) is 19.8 Å². The van der Waals surface area contributed by atoms with Crippen molar-refractivity contribution in [3.05, 3.63) is 27.5 Å². The van der Waals surface area contributed by atoms with Crippen LogP contribution in [0.3, 0.4) is 0 Å². The van der Waals surface area contributed by atoms with Crippen LogP contribution in [-0.2, 0) is 10.9 Å². The molecule has 0 heterocycles. The number of methoxy groups -OCH3 is 1. The Morgan fingerprint density at radius 1 is 1.39 bits per heavy atom. The highest BCUT2D eigenvalue weighted by Gasteiger charge is 2.35. The van der Waals surface area contributed by atoms with Gasteiger partial charge in [-0.15, -0.1) is 0 Å². The van der Waals surface area contributed by atoms with Crippen molar-refractivity contribution in [2.45, 2.75) is 6.18 Å². The SMILES string of the molecule is COC.Nc1c(C=O)cc(C(F)(F)F)c(Br)c1F. The summed E-state index contributed by atoms with van der Waals surface area (Å²) in [6, 6.07) is 0.496. The number of hydrogen-bond donors (Lipinski definition) is 1. The smallest absolute Gasteiger partial charge is 0.396 e. The molecule has 0 atom stereocenters. The van der Waals surface area contributed by atoms with Gasteiger partial charge in [0.15, 0.2) is 12.1 Å². The molecule has 8 heteroatoms. The van der Waals surface area contributed by atoms with Crippen molar-refractivity contribution in [3.63, 3.8) is 0 Å². The second kappa shape index (κ2) is 6.69. The van der Waals surface area contributed by atoms with Gasteiger partial charge in [-0.1, -0.05) is 0 Å². The maximum atomic E-state index is 13.1. The molecular formula is C10H10BrF4NO2. The third-order valence-corrected chi connectivity index (χ3v) is 2.48. The van der Waals surface area contributed by atoms with Gasteiger partial charge in [-0.05, 0) is 22.0 Å². The molecule has 0 unspecified atom stereocenters. The fourth-order valence-electron chi connectivity index (χ4n) is 0.964. The second-order valence-electron chi connectivity index (χ2n) is 3.08. The Bertz CT molecular complexity index is 435. The van der Waals surface area contributed by atoms with Gasteiger partial charge in [0.2, 0.25) is 0 Å². The maximum absolute atomic E-state index is 13.1. The fraction of sp³-hybridized carbons (Fsp3) is 0.300. The number of benzene rings is 1.